The molecule has 1 aliphatic rings. The van der Waals surface area contributed by atoms with E-state index in [0.717, 1.165) is 17.0 Å². The quantitative estimate of drug-likeness (QED) is 0.543. The molecule has 5 nitrogen and oxygen atoms in total. The second-order valence-electron chi connectivity index (χ2n) is 3.66. The van der Waals surface area contributed by atoms with Gasteiger partial charge in [0.05, 0.1) is 13.5 Å². The predicted molar refractivity (Wildman–Crippen MR) is 73.8 cm³/mol. The average Bonchev–Trinajstić information content (AvgIpc) is 2.67. The summed E-state index contributed by atoms with van der Waals surface area (Å²) in [5, 5.41) is 18.9. The van der Waals surface area contributed by atoms with Gasteiger partial charge in [0.2, 0.25) is 9.70 Å². The third-order valence-electron chi connectivity index (χ3n) is 2.23. The lowest BCUT2D eigenvalue weighted by atomic mass is 10.1. The van der Waals surface area contributed by atoms with Crippen LogP contribution in [-0.2, 0) is 11.2 Å². The number of aliphatic hydroxyl groups is 2. The predicted octanol–water partition coefficient (Wildman–Crippen LogP) is 1.86. The van der Waals surface area contributed by atoms with Crippen LogP contribution in [0.15, 0.2) is 18.2 Å². The van der Waals surface area contributed by atoms with Gasteiger partial charge in [-0.05, 0) is 23.8 Å². The number of amides is 1. The minimum atomic E-state index is -1.97. The molecule has 0 saturated heterocycles. The van der Waals surface area contributed by atoms with Crippen LogP contribution in [0.5, 0.6) is 5.75 Å². The highest BCUT2D eigenvalue weighted by Gasteiger charge is 2.28. The van der Waals surface area contributed by atoms with E-state index in [4.69, 9.17) is 49.8 Å². The molecule has 0 bridgehead atoms. The fourth-order valence-corrected chi connectivity index (χ4v) is 1.33. The van der Waals surface area contributed by atoms with E-state index >= 15 is 0 Å². The van der Waals surface area contributed by atoms with E-state index in [0.29, 0.717) is 6.42 Å². The Bertz CT molecular complexity index is 460. The fraction of sp³-hybridized carbons (Fsp3) is 0.364. The van der Waals surface area contributed by atoms with Gasteiger partial charge in [-0.15, -0.1) is 0 Å². The van der Waals surface area contributed by atoms with Crippen molar-refractivity contribution in [3.8, 4) is 5.75 Å². The fourth-order valence-electron chi connectivity index (χ4n) is 1.33. The summed E-state index contributed by atoms with van der Waals surface area (Å²) < 4.78 is 3.06. The molecular formula is C11H12Cl3NO4. The Morgan fingerprint density at radius 3 is 2.42 bits per heavy atom. The van der Waals surface area contributed by atoms with Crippen molar-refractivity contribution in [2.75, 3.05) is 12.4 Å². The van der Waals surface area contributed by atoms with Gasteiger partial charge in [-0.3, -0.25) is 4.79 Å². The van der Waals surface area contributed by atoms with E-state index in [9.17, 15) is 4.79 Å². The Kier molecular flexibility index (Phi) is 5.70. The van der Waals surface area contributed by atoms with Gasteiger partial charge in [0.25, 0.3) is 0 Å². The van der Waals surface area contributed by atoms with Gasteiger partial charge in [0.1, 0.15) is 5.75 Å². The number of rotatable bonds is 1. The molecule has 3 N–H and O–H groups in total. The summed E-state index contributed by atoms with van der Waals surface area (Å²) in [4.78, 5) is 10.9. The van der Waals surface area contributed by atoms with Gasteiger partial charge < -0.3 is 20.3 Å². The van der Waals surface area contributed by atoms with Crippen LogP contribution in [0.1, 0.15) is 5.56 Å². The van der Waals surface area contributed by atoms with Crippen molar-refractivity contribution in [1.29, 1.82) is 0 Å². The summed E-state index contributed by atoms with van der Waals surface area (Å²) >= 11 is 14.7. The van der Waals surface area contributed by atoms with Crippen molar-refractivity contribution in [2.45, 2.75) is 16.5 Å². The second kappa shape index (κ2) is 6.63. The van der Waals surface area contributed by atoms with Gasteiger partial charge >= 0.3 is 0 Å². The Balaban J connectivity index is 0.000000224. The molecule has 8 heteroatoms. The number of hydrogen-bond donors (Lipinski definition) is 3. The maximum Gasteiger partial charge on any atom is 0.240 e. The molecule has 0 aromatic heterocycles. The van der Waals surface area contributed by atoms with Crippen molar-refractivity contribution >= 4 is 46.4 Å². The summed E-state index contributed by atoms with van der Waals surface area (Å²) in [7, 11) is 1.62. The van der Waals surface area contributed by atoms with Gasteiger partial charge in [0.15, 0.2) is 6.29 Å². The zero-order valence-electron chi connectivity index (χ0n) is 9.86. The number of carbonyl (C=O) groups is 1. The van der Waals surface area contributed by atoms with Crippen molar-refractivity contribution in [3.63, 3.8) is 0 Å². The van der Waals surface area contributed by atoms with Crippen molar-refractivity contribution in [2.24, 2.45) is 0 Å². The van der Waals surface area contributed by atoms with E-state index in [2.05, 4.69) is 5.32 Å². The molecule has 1 heterocycles. The number of halogens is 3. The zero-order valence-corrected chi connectivity index (χ0v) is 12.1. The molecule has 0 fully saturated rings. The SMILES string of the molecule is COc1ccc2c(c1)CC(=O)N2.OC(O)C(Cl)(Cl)Cl. The number of alkyl halides is 3. The Morgan fingerprint density at radius 2 is 1.95 bits per heavy atom. The van der Waals surface area contributed by atoms with Crippen LogP contribution in [-0.4, -0.2) is 33.3 Å². The number of benzene rings is 1. The lowest BCUT2D eigenvalue weighted by Gasteiger charge is -2.10. The molecule has 106 valence electrons. The first-order valence-electron chi connectivity index (χ1n) is 5.13. The Hall–Kier alpha value is -0.720. The standard InChI is InChI=1S/C9H9NO2.C2H3Cl3O2/c1-12-7-2-3-8-6(4-7)5-9(11)10-8;3-2(4,5)1(6)7/h2-4H,5H2,1H3,(H,10,11);1,6-7H. The molecule has 2 rings (SSSR count). The van der Waals surface area contributed by atoms with Crippen LogP contribution in [0.25, 0.3) is 0 Å². The lowest BCUT2D eigenvalue weighted by molar-refractivity contribution is -0.115. The third-order valence-corrected chi connectivity index (χ3v) is 2.82. The maximum atomic E-state index is 10.9. The minimum absolute atomic E-state index is 0.0539. The van der Waals surface area contributed by atoms with E-state index < -0.39 is 10.1 Å². The third kappa shape index (κ3) is 5.04. The largest absolute Gasteiger partial charge is 0.497 e. The first-order chi connectivity index (χ1) is 8.74. The average molecular weight is 329 g/mol. The van der Waals surface area contributed by atoms with Gasteiger partial charge in [-0.2, -0.15) is 0 Å². The number of anilines is 1. The molecule has 1 aliphatic heterocycles. The van der Waals surface area contributed by atoms with E-state index in [-0.39, 0.29) is 5.91 Å². The van der Waals surface area contributed by atoms with E-state index in [1.807, 2.05) is 18.2 Å². The van der Waals surface area contributed by atoms with Gasteiger partial charge in [-0.1, -0.05) is 34.8 Å². The number of methoxy groups -OCH3 is 1. The first kappa shape index (κ1) is 16.3. The molecule has 0 saturated carbocycles. The normalized spacial score (nSPS) is 13.5. The van der Waals surface area contributed by atoms with E-state index in [1.165, 1.54) is 0 Å². The smallest absolute Gasteiger partial charge is 0.240 e. The van der Waals surface area contributed by atoms with Crippen molar-refractivity contribution in [1.82, 2.24) is 0 Å². The molecule has 0 atom stereocenters. The van der Waals surface area contributed by atoms with E-state index in [1.54, 1.807) is 7.11 Å². The highest BCUT2D eigenvalue weighted by molar-refractivity contribution is 6.67. The van der Waals surface area contributed by atoms with Crippen LogP contribution < -0.4 is 10.1 Å². The van der Waals surface area contributed by atoms with Crippen molar-refractivity contribution in [3.05, 3.63) is 23.8 Å². The van der Waals surface area contributed by atoms with Crippen molar-refractivity contribution < 1.29 is 19.7 Å². The molecular weight excluding hydrogens is 316 g/mol. The molecule has 19 heavy (non-hydrogen) atoms. The highest BCUT2D eigenvalue weighted by Crippen LogP contribution is 2.28. The summed E-state index contributed by atoms with van der Waals surface area (Å²) in [6, 6.07) is 5.58. The maximum absolute atomic E-state index is 10.9. The monoisotopic (exact) mass is 327 g/mol. The summed E-state index contributed by atoms with van der Waals surface area (Å²) in [5.74, 6) is 0.850. The summed E-state index contributed by atoms with van der Waals surface area (Å²) in [6.45, 7) is 0. The lowest BCUT2D eigenvalue weighted by Crippen LogP contribution is -2.23. The first-order valence-corrected chi connectivity index (χ1v) is 6.27. The number of ether oxygens (including phenoxy) is 1. The van der Waals surface area contributed by atoms with Crippen LogP contribution in [0.4, 0.5) is 5.69 Å². The number of hydrogen-bond acceptors (Lipinski definition) is 4. The van der Waals surface area contributed by atoms with Crippen LogP contribution in [0, 0.1) is 0 Å². The topological polar surface area (TPSA) is 78.8 Å². The van der Waals surface area contributed by atoms with Crippen LogP contribution >= 0.6 is 34.8 Å². The second-order valence-corrected chi connectivity index (χ2v) is 6.03. The molecule has 1 aromatic carbocycles. The number of nitrogens with one attached hydrogen (secondary N) is 1. The van der Waals surface area contributed by atoms with Crippen LogP contribution in [0.2, 0.25) is 0 Å². The minimum Gasteiger partial charge on any atom is -0.497 e. The molecule has 0 unspecified atom stereocenters. The Morgan fingerprint density at radius 1 is 1.37 bits per heavy atom. The molecule has 0 spiro atoms. The zero-order chi connectivity index (χ0) is 14.6. The highest BCUT2D eigenvalue weighted by atomic mass is 35.6. The Labute approximate surface area is 125 Å². The molecule has 0 aliphatic carbocycles. The van der Waals surface area contributed by atoms with Gasteiger partial charge in [-0.25, -0.2) is 0 Å². The molecule has 1 aromatic rings. The number of aliphatic hydroxyl groups excluding tert-OH is 1. The number of fused-ring (bicyclic) bond motifs is 1. The van der Waals surface area contributed by atoms with Gasteiger partial charge in [0, 0.05) is 5.69 Å². The molecule has 1 amide bonds. The molecule has 0 radical (unpaired) electrons. The number of carbonyl (C=O) groups excluding carboxylic acids is 1. The van der Waals surface area contributed by atoms with Crippen LogP contribution in [0.3, 0.4) is 0 Å². The summed E-state index contributed by atoms with van der Waals surface area (Å²) in [5.41, 5.74) is 1.92. The summed E-state index contributed by atoms with van der Waals surface area (Å²) in [6.07, 6.45) is -1.44.